The summed E-state index contributed by atoms with van der Waals surface area (Å²) >= 11 is 0. The van der Waals surface area contributed by atoms with Gasteiger partial charge in [0.05, 0.1) is 29.0 Å². The van der Waals surface area contributed by atoms with Gasteiger partial charge in [0.15, 0.2) is 0 Å². The first-order valence-corrected chi connectivity index (χ1v) is 9.80. The molecule has 0 aliphatic heterocycles. The Labute approximate surface area is 71.7 Å². The highest BCUT2D eigenvalue weighted by atomic mass is 28.4. The number of hydrogen-bond acceptors (Lipinski definition) is 2. The smallest absolute Gasteiger partial charge is 0.0945 e. The van der Waals surface area contributed by atoms with Crippen LogP contribution in [-0.4, -0.2) is 58.1 Å². The van der Waals surface area contributed by atoms with Crippen LogP contribution in [0.5, 0.6) is 0 Å². The van der Waals surface area contributed by atoms with E-state index in [4.69, 9.17) is 0 Å². The molecule has 0 fully saturated rings. The molecule has 5 heteroatoms. The van der Waals surface area contributed by atoms with E-state index in [9.17, 15) is 0 Å². The van der Waals surface area contributed by atoms with Crippen LogP contribution in [0, 0.1) is 0 Å². The minimum absolute atomic E-state index is 0.160. The summed E-state index contributed by atoms with van der Waals surface area (Å²) in [6, 6.07) is 0. The zero-order valence-electron chi connectivity index (χ0n) is 7.72. The molecule has 0 heterocycles. The minimum atomic E-state index is 0.160. The van der Waals surface area contributed by atoms with Gasteiger partial charge in [-0.2, -0.15) is 0 Å². The van der Waals surface area contributed by atoms with Crippen LogP contribution in [0.2, 0.25) is 13.1 Å². The van der Waals surface area contributed by atoms with Gasteiger partial charge in [-0.3, -0.25) is 0 Å². The van der Waals surface area contributed by atoms with Crippen LogP contribution in [0.4, 0.5) is 0 Å². The van der Waals surface area contributed by atoms with E-state index < -0.39 is 0 Å². The minimum Gasteiger partial charge on any atom is -0.382 e. The second-order valence-electron chi connectivity index (χ2n) is 2.83. The molecule has 0 bridgehead atoms. The van der Waals surface area contributed by atoms with Gasteiger partial charge in [-0.1, -0.05) is 13.1 Å². The molecule has 0 aromatic heterocycles. The number of nitrogens with zero attached hydrogens (tertiary/aromatic N) is 2. The van der Waals surface area contributed by atoms with Gasteiger partial charge in [0, 0.05) is 0 Å². The molecule has 0 saturated heterocycles. The van der Waals surface area contributed by atoms with Gasteiger partial charge in [0.2, 0.25) is 0 Å². The summed E-state index contributed by atoms with van der Waals surface area (Å²) in [7, 11) is 4.95. The van der Waals surface area contributed by atoms with Crippen LogP contribution in [0.1, 0.15) is 0 Å². The third-order valence-corrected chi connectivity index (χ3v) is 12.5. The predicted octanol–water partition coefficient (Wildman–Crippen LogP) is -1.84. The van der Waals surface area contributed by atoms with Gasteiger partial charge >= 0.3 is 0 Å². The molecule has 0 amide bonds. The lowest BCUT2D eigenvalue weighted by atomic mass is 11.0. The van der Waals surface area contributed by atoms with Crippen molar-refractivity contribution in [1.29, 1.82) is 0 Å². The number of rotatable bonds is 5. The molecule has 0 aromatic carbocycles. The van der Waals surface area contributed by atoms with Crippen molar-refractivity contribution in [2.75, 3.05) is 20.3 Å². The largest absolute Gasteiger partial charge is 0.382 e. The van der Waals surface area contributed by atoms with Crippen LogP contribution >= 0.6 is 0 Å². The zero-order valence-corrected chi connectivity index (χ0v) is 12.0. The molecule has 0 aromatic rings. The van der Waals surface area contributed by atoms with E-state index >= 15 is 0 Å². The lowest BCUT2D eigenvalue weighted by Gasteiger charge is -2.19. The Morgan fingerprint density at radius 1 is 1.10 bits per heavy atom. The Kier molecular flexibility index (Phi) is 6.65. The molecule has 0 radical (unpaired) electrons. The fourth-order valence-corrected chi connectivity index (χ4v) is 6.73. The average Bonchev–Trinajstić information content (AvgIpc) is 1.90. The van der Waals surface area contributed by atoms with E-state index in [1.165, 1.54) is 6.17 Å². The molecule has 0 spiro atoms. The fraction of sp³-hybridized carbons (Fsp3) is 1.00. The molecular formula is C5H20N2Si3. The van der Waals surface area contributed by atoms with Crippen LogP contribution in [0.3, 0.4) is 0 Å². The highest BCUT2D eigenvalue weighted by Gasteiger charge is 1.99. The molecule has 0 aliphatic rings. The Morgan fingerprint density at radius 2 is 1.60 bits per heavy atom. The van der Waals surface area contributed by atoms with Crippen molar-refractivity contribution in [3.8, 4) is 0 Å². The van der Waals surface area contributed by atoms with Gasteiger partial charge < -0.3 is 8.80 Å². The van der Waals surface area contributed by atoms with Gasteiger partial charge in [-0.15, -0.1) is 0 Å². The lowest BCUT2D eigenvalue weighted by Crippen LogP contribution is -2.38. The Balaban J connectivity index is 3.26. The summed E-state index contributed by atoms with van der Waals surface area (Å²) < 4.78 is 2.85. The maximum absolute atomic E-state index is 2.85. The van der Waals surface area contributed by atoms with E-state index in [1.807, 2.05) is 0 Å². The van der Waals surface area contributed by atoms with Crippen molar-refractivity contribution in [2.45, 2.75) is 13.1 Å². The topological polar surface area (TPSA) is 6.48 Å². The molecule has 0 atom stereocenters. The van der Waals surface area contributed by atoms with Crippen LogP contribution in [-0.2, 0) is 0 Å². The summed E-state index contributed by atoms with van der Waals surface area (Å²) in [5.41, 5.74) is 0. The first-order valence-electron chi connectivity index (χ1n) is 4.07. The maximum Gasteiger partial charge on any atom is 0.0945 e. The highest BCUT2D eigenvalue weighted by Crippen LogP contribution is 1.79. The van der Waals surface area contributed by atoms with Crippen molar-refractivity contribution in [2.24, 2.45) is 0 Å². The van der Waals surface area contributed by atoms with Gasteiger partial charge in [0.1, 0.15) is 0 Å². The van der Waals surface area contributed by atoms with Crippen molar-refractivity contribution in [3.63, 3.8) is 0 Å². The Bertz CT molecular complexity index is 75.3. The predicted molar refractivity (Wildman–Crippen MR) is 57.8 cm³/mol. The van der Waals surface area contributed by atoms with Gasteiger partial charge in [0.25, 0.3) is 0 Å². The third kappa shape index (κ3) is 5.36. The molecule has 62 valence electrons. The van der Waals surface area contributed by atoms with Crippen molar-refractivity contribution in [3.05, 3.63) is 0 Å². The first kappa shape index (κ1) is 10.6. The zero-order chi connectivity index (χ0) is 7.98. The lowest BCUT2D eigenvalue weighted by molar-refractivity contribution is 0.474. The third-order valence-electron chi connectivity index (χ3n) is 1.76. The summed E-state index contributed by atoms with van der Waals surface area (Å²) in [5, 5.41) is 0. The maximum atomic E-state index is 2.85. The fourth-order valence-electron chi connectivity index (χ4n) is 0.881. The van der Waals surface area contributed by atoms with Crippen LogP contribution < -0.4 is 0 Å². The standard InChI is InChI=1S/C5H20N2Si3/c1-6(2)5-10-7(8-3)9-4/h5,8-10H2,1-4H3. The molecular weight excluding hydrogens is 172 g/mol. The summed E-state index contributed by atoms with van der Waals surface area (Å²) in [6.07, 6.45) is 1.38. The summed E-state index contributed by atoms with van der Waals surface area (Å²) in [5.74, 6) is 0. The second-order valence-corrected chi connectivity index (χ2v) is 10.4. The first-order chi connectivity index (χ1) is 4.70. The van der Waals surface area contributed by atoms with Crippen molar-refractivity contribution < 1.29 is 0 Å². The molecule has 0 aliphatic carbocycles. The summed E-state index contributed by atoms with van der Waals surface area (Å²) in [4.78, 5) is 2.33. The van der Waals surface area contributed by atoms with Gasteiger partial charge in [-0.25, -0.2) is 0 Å². The molecule has 10 heavy (non-hydrogen) atoms. The van der Waals surface area contributed by atoms with Crippen LogP contribution in [0.15, 0.2) is 0 Å². The van der Waals surface area contributed by atoms with Crippen molar-refractivity contribution in [1.82, 2.24) is 8.80 Å². The van der Waals surface area contributed by atoms with E-state index in [1.54, 1.807) is 0 Å². The molecule has 2 nitrogen and oxygen atoms in total. The molecule has 0 N–H and O–H groups in total. The molecule has 0 rings (SSSR count). The molecule has 0 unspecified atom stereocenters. The van der Waals surface area contributed by atoms with E-state index in [0.717, 1.165) is 0 Å². The van der Waals surface area contributed by atoms with Crippen molar-refractivity contribution >= 4 is 29.0 Å². The Hall–Kier alpha value is 0.571. The monoisotopic (exact) mass is 192 g/mol. The van der Waals surface area contributed by atoms with Crippen LogP contribution in [0.25, 0.3) is 0 Å². The number of hydrogen-bond donors (Lipinski definition) is 0. The van der Waals surface area contributed by atoms with E-state index in [-0.39, 0.29) is 29.0 Å². The van der Waals surface area contributed by atoms with Gasteiger partial charge in [-0.05, 0) is 20.3 Å². The highest BCUT2D eigenvalue weighted by molar-refractivity contribution is 6.64. The second kappa shape index (κ2) is 6.29. The average molecular weight is 192 g/mol. The summed E-state index contributed by atoms with van der Waals surface area (Å²) in [6.45, 7) is 4.83. The Morgan fingerprint density at radius 3 is 1.90 bits per heavy atom. The SMILES string of the molecule is C[SiH2]N([SiH2]C)[SiH2]CN(C)C. The van der Waals surface area contributed by atoms with E-state index in [2.05, 4.69) is 36.0 Å². The quantitative estimate of drug-likeness (QED) is 0.472. The molecule has 0 saturated carbocycles. The normalized spacial score (nSPS) is 15.0. The van der Waals surface area contributed by atoms with E-state index in [0.29, 0.717) is 0 Å².